The van der Waals surface area contributed by atoms with Gasteiger partial charge < -0.3 is 10.1 Å². The highest BCUT2D eigenvalue weighted by molar-refractivity contribution is 6.02. The number of rotatable bonds is 1. The predicted molar refractivity (Wildman–Crippen MR) is 90.5 cm³/mol. The highest BCUT2D eigenvalue weighted by Crippen LogP contribution is 2.35. The summed E-state index contributed by atoms with van der Waals surface area (Å²) in [6.07, 6.45) is 0.465. The smallest absolute Gasteiger partial charge is 0.407 e. The van der Waals surface area contributed by atoms with Crippen molar-refractivity contribution in [3.8, 4) is 0 Å². The summed E-state index contributed by atoms with van der Waals surface area (Å²) in [4.78, 5) is 11.6. The fourth-order valence-corrected chi connectivity index (χ4v) is 3.17. The Morgan fingerprint density at radius 3 is 2.14 bits per heavy atom. The van der Waals surface area contributed by atoms with Crippen molar-refractivity contribution in [3.05, 3.63) is 60.2 Å². The average Bonchev–Trinajstić information content (AvgIpc) is 2.52. The molecule has 3 nitrogen and oxygen atoms in total. The van der Waals surface area contributed by atoms with Gasteiger partial charge in [0.2, 0.25) is 0 Å². The number of benzene rings is 3. The predicted octanol–water partition coefficient (Wildman–Crippen LogP) is 4.59. The minimum atomic E-state index is -0.330. The molecule has 4 heteroatoms. The number of fused-ring (bicyclic) bond motifs is 2. The molecule has 1 atom stereocenters. The Balaban J connectivity index is 0.00000144. The first-order chi connectivity index (χ1) is 10.3. The Kier molecular flexibility index (Phi) is 3.90. The summed E-state index contributed by atoms with van der Waals surface area (Å²) in [6, 6.07) is 18.9. The van der Waals surface area contributed by atoms with Crippen LogP contribution in [0.25, 0.3) is 21.5 Å². The monoisotopic (exact) mass is 313 g/mol. The van der Waals surface area contributed by atoms with Crippen LogP contribution in [0.3, 0.4) is 0 Å². The largest absolute Gasteiger partial charge is 0.449 e. The second kappa shape index (κ2) is 5.85. The third-order valence-corrected chi connectivity index (χ3v) is 4.09. The summed E-state index contributed by atoms with van der Waals surface area (Å²) in [5, 5.41) is 7.75. The number of amides is 1. The molecule has 1 fully saturated rings. The Morgan fingerprint density at radius 1 is 0.955 bits per heavy atom. The van der Waals surface area contributed by atoms with Gasteiger partial charge in [-0.25, -0.2) is 4.79 Å². The molecular formula is C18H16ClNO2. The van der Waals surface area contributed by atoms with Crippen LogP contribution in [0, 0.1) is 0 Å². The van der Waals surface area contributed by atoms with E-state index >= 15 is 0 Å². The molecule has 4 rings (SSSR count). The number of alkyl carbamates (subject to hydrolysis) is 1. The topological polar surface area (TPSA) is 38.3 Å². The molecule has 0 aliphatic carbocycles. The SMILES string of the molecule is Cl.O=C1N[C@H](c2c3ccccc3cc3ccccc23)CCO1. The number of carbonyl (C=O) groups is 1. The lowest BCUT2D eigenvalue weighted by atomic mass is 9.91. The molecule has 0 saturated carbocycles. The molecule has 0 bridgehead atoms. The fourth-order valence-electron chi connectivity index (χ4n) is 3.17. The lowest BCUT2D eigenvalue weighted by Crippen LogP contribution is -2.35. The number of nitrogens with one attached hydrogen (secondary N) is 1. The van der Waals surface area contributed by atoms with E-state index in [1.54, 1.807) is 0 Å². The number of carbonyl (C=O) groups excluding carboxylic acids is 1. The number of ether oxygens (including phenoxy) is 1. The fraction of sp³-hybridized carbons (Fsp3) is 0.167. The van der Waals surface area contributed by atoms with E-state index in [9.17, 15) is 4.79 Å². The zero-order valence-corrected chi connectivity index (χ0v) is 12.7. The molecule has 22 heavy (non-hydrogen) atoms. The van der Waals surface area contributed by atoms with Crippen molar-refractivity contribution in [2.45, 2.75) is 12.5 Å². The van der Waals surface area contributed by atoms with Crippen LogP contribution in [0.1, 0.15) is 18.0 Å². The Labute approximate surface area is 134 Å². The normalized spacial score (nSPS) is 17.6. The minimum absolute atomic E-state index is 0. The summed E-state index contributed by atoms with van der Waals surface area (Å²) in [7, 11) is 0. The van der Waals surface area contributed by atoms with Gasteiger partial charge in [0.25, 0.3) is 0 Å². The molecule has 3 aromatic carbocycles. The van der Waals surface area contributed by atoms with Gasteiger partial charge in [0.15, 0.2) is 0 Å². The summed E-state index contributed by atoms with van der Waals surface area (Å²) in [5.41, 5.74) is 1.19. The number of hydrogen-bond acceptors (Lipinski definition) is 2. The van der Waals surface area contributed by atoms with Crippen LogP contribution >= 0.6 is 12.4 Å². The van der Waals surface area contributed by atoms with Crippen molar-refractivity contribution in [1.82, 2.24) is 5.32 Å². The van der Waals surface area contributed by atoms with E-state index in [1.165, 1.54) is 27.1 Å². The summed E-state index contributed by atoms with van der Waals surface area (Å²) >= 11 is 0. The molecular weight excluding hydrogens is 298 g/mol. The first kappa shape index (κ1) is 14.7. The van der Waals surface area contributed by atoms with E-state index in [4.69, 9.17) is 4.74 Å². The zero-order valence-electron chi connectivity index (χ0n) is 11.9. The van der Waals surface area contributed by atoms with Crippen LogP contribution in [0.2, 0.25) is 0 Å². The second-order valence-corrected chi connectivity index (χ2v) is 5.35. The molecule has 0 unspecified atom stereocenters. The quantitative estimate of drug-likeness (QED) is 0.667. The Hall–Kier alpha value is -2.26. The van der Waals surface area contributed by atoms with E-state index in [2.05, 4.69) is 35.6 Å². The highest BCUT2D eigenvalue weighted by atomic mass is 35.5. The van der Waals surface area contributed by atoms with Gasteiger partial charge in [-0.2, -0.15) is 0 Å². The Bertz CT molecular complexity index is 793. The van der Waals surface area contributed by atoms with E-state index in [0.717, 1.165) is 6.42 Å². The molecule has 1 saturated heterocycles. The summed E-state index contributed by atoms with van der Waals surface area (Å²) in [6.45, 7) is 0.466. The van der Waals surface area contributed by atoms with Gasteiger partial charge in [-0.15, -0.1) is 12.4 Å². The van der Waals surface area contributed by atoms with Crippen LogP contribution in [0.4, 0.5) is 4.79 Å². The molecule has 1 amide bonds. The number of hydrogen-bond donors (Lipinski definition) is 1. The molecule has 0 radical (unpaired) electrons. The van der Waals surface area contributed by atoms with Gasteiger partial charge in [0.1, 0.15) is 0 Å². The summed E-state index contributed by atoms with van der Waals surface area (Å²) in [5.74, 6) is 0. The van der Waals surface area contributed by atoms with Gasteiger partial charge >= 0.3 is 6.09 Å². The molecule has 3 aromatic rings. The van der Waals surface area contributed by atoms with Crippen molar-refractivity contribution in [1.29, 1.82) is 0 Å². The highest BCUT2D eigenvalue weighted by Gasteiger charge is 2.24. The molecule has 1 N–H and O–H groups in total. The van der Waals surface area contributed by atoms with E-state index in [0.29, 0.717) is 6.61 Å². The van der Waals surface area contributed by atoms with Crippen LogP contribution in [-0.4, -0.2) is 12.7 Å². The molecule has 0 spiro atoms. The van der Waals surface area contributed by atoms with Crippen molar-refractivity contribution < 1.29 is 9.53 Å². The number of halogens is 1. The Morgan fingerprint density at radius 2 is 1.55 bits per heavy atom. The minimum Gasteiger partial charge on any atom is -0.449 e. The lowest BCUT2D eigenvalue weighted by Gasteiger charge is -2.26. The maximum Gasteiger partial charge on any atom is 0.407 e. The maximum absolute atomic E-state index is 11.6. The van der Waals surface area contributed by atoms with Crippen molar-refractivity contribution in [3.63, 3.8) is 0 Å². The van der Waals surface area contributed by atoms with E-state index < -0.39 is 0 Å². The van der Waals surface area contributed by atoms with Crippen LogP contribution < -0.4 is 5.32 Å². The van der Waals surface area contributed by atoms with Gasteiger partial charge in [-0.3, -0.25) is 0 Å². The van der Waals surface area contributed by atoms with Crippen molar-refractivity contribution in [2.24, 2.45) is 0 Å². The van der Waals surface area contributed by atoms with Gasteiger partial charge in [0.05, 0.1) is 12.6 Å². The third-order valence-electron chi connectivity index (χ3n) is 4.09. The lowest BCUT2D eigenvalue weighted by molar-refractivity contribution is 0.116. The first-order valence-electron chi connectivity index (χ1n) is 7.16. The molecule has 0 aromatic heterocycles. The van der Waals surface area contributed by atoms with E-state index in [1.807, 2.05) is 24.3 Å². The van der Waals surface area contributed by atoms with Crippen molar-refractivity contribution in [2.75, 3.05) is 6.61 Å². The van der Waals surface area contributed by atoms with Gasteiger partial charge in [-0.1, -0.05) is 48.5 Å². The molecule has 1 heterocycles. The van der Waals surface area contributed by atoms with Crippen molar-refractivity contribution >= 4 is 40.0 Å². The van der Waals surface area contributed by atoms with Gasteiger partial charge in [-0.05, 0) is 33.2 Å². The third kappa shape index (κ3) is 2.38. The molecule has 112 valence electrons. The van der Waals surface area contributed by atoms with Gasteiger partial charge in [0, 0.05) is 6.42 Å². The number of cyclic esters (lactones) is 1. The molecule has 1 aliphatic heterocycles. The van der Waals surface area contributed by atoms with Crippen LogP contribution in [0.15, 0.2) is 54.6 Å². The van der Waals surface area contributed by atoms with Crippen LogP contribution in [0.5, 0.6) is 0 Å². The van der Waals surface area contributed by atoms with Crippen LogP contribution in [-0.2, 0) is 4.74 Å². The zero-order chi connectivity index (χ0) is 14.2. The molecule has 1 aliphatic rings. The average molecular weight is 314 g/mol. The maximum atomic E-state index is 11.6. The summed E-state index contributed by atoms with van der Waals surface area (Å²) < 4.78 is 5.00. The first-order valence-corrected chi connectivity index (χ1v) is 7.16. The van der Waals surface area contributed by atoms with E-state index in [-0.39, 0.29) is 24.5 Å². The standard InChI is InChI=1S/C18H15NO2.ClH/c20-18-19-16(9-10-21-18)17-14-7-3-1-5-12(14)11-13-6-2-4-8-15(13)17;/h1-8,11,16H,9-10H2,(H,19,20);1H/t16-;/m0./s1. The second-order valence-electron chi connectivity index (χ2n) is 5.35.